The van der Waals surface area contributed by atoms with Crippen molar-refractivity contribution < 1.29 is 9.53 Å². The first kappa shape index (κ1) is 14.4. The van der Waals surface area contributed by atoms with Gasteiger partial charge in [-0.3, -0.25) is 4.98 Å². The summed E-state index contributed by atoms with van der Waals surface area (Å²) < 4.78 is 5.58. The van der Waals surface area contributed by atoms with Gasteiger partial charge in [0.2, 0.25) is 0 Å². The number of carbonyl (C=O) groups is 1. The van der Waals surface area contributed by atoms with Crippen LogP contribution in [-0.2, 0) is 0 Å². The largest absolute Gasteiger partial charge is 0.491 e. The summed E-state index contributed by atoms with van der Waals surface area (Å²) in [6, 6.07) is 11.3. The molecule has 2 heterocycles. The molecule has 0 spiro atoms. The van der Waals surface area contributed by atoms with E-state index in [-0.39, 0.29) is 18.1 Å². The van der Waals surface area contributed by atoms with E-state index in [2.05, 4.69) is 15.6 Å². The molecule has 5 nitrogen and oxygen atoms in total. The molecule has 5 heteroatoms. The fourth-order valence-electron chi connectivity index (χ4n) is 2.66. The van der Waals surface area contributed by atoms with Crippen LogP contribution in [0.1, 0.15) is 36.6 Å². The molecule has 1 aliphatic heterocycles. The number of hydrogen-bond donors (Lipinski definition) is 2. The quantitative estimate of drug-likeness (QED) is 0.912. The number of nitrogens with zero attached hydrogens (tertiary/aromatic N) is 1. The third kappa shape index (κ3) is 3.03. The molecule has 0 unspecified atom stereocenters. The standard InChI is InChI=1S/C17H19N3O2/c1-2-14(12-7-9-18-10-8-12)19-17(21)20-15-11-22-16-6-4-3-5-13(15)16/h3-10,14-15H,2,11H2,1H3,(H2,19,20,21)/t14-,15-/m1/s1. The van der Waals surface area contributed by atoms with Gasteiger partial charge in [-0.15, -0.1) is 0 Å². The van der Waals surface area contributed by atoms with Gasteiger partial charge in [0.25, 0.3) is 0 Å². The lowest BCUT2D eigenvalue weighted by molar-refractivity contribution is 0.228. The summed E-state index contributed by atoms with van der Waals surface area (Å²) in [5.41, 5.74) is 2.07. The van der Waals surface area contributed by atoms with Crippen molar-refractivity contribution in [1.29, 1.82) is 0 Å². The van der Waals surface area contributed by atoms with Crippen molar-refractivity contribution >= 4 is 6.03 Å². The van der Waals surface area contributed by atoms with Crippen LogP contribution in [0.15, 0.2) is 48.8 Å². The summed E-state index contributed by atoms with van der Waals surface area (Å²) in [5.74, 6) is 0.842. The molecular formula is C17H19N3O2. The van der Waals surface area contributed by atoms with E-state index in [1.807, 2.05) is 43.3 Å². The van der Waals surface area contributed by atoms with Crippen molar-refractivity contribution in [3.05, 3.63) is 59.9 Å². The second-order valence-corrected chi connectivity index (χ2v) is 5.26. The third-order valence-corrected chi connectivity index (χ3v) is 3.83. The molecule has 2 atom stereocenters. The highest BCUT2D eigenvalue weighted by Crippen LogP contribution is 2.31. The predicted molar refractivity (Wildman–Crippen MR) is 83.6 cm³/mol. The Morgan fingerprint density at radius 3 is 2.86 bits per heavy atom. The van der Waals surface area contributed by atoms with Gasteiger partial charge in [-0.1, -0.05) is 25.1 Å². The van der Waals surface area contributed by atoms with Gasteiger partial charge in [-0.25, -0.2) is 4.79 Å². The van der Waals surface area contributed by atoms with Crippen molar-refractivity contribution in [2.45, 2.75) is 25.4 Å². The van der Waals surface area contributed by atoms with Gasteiger partial charge in [0, 0.05) is 18.0 Å². The van der Waals surface area contributed by atoms with E-state index in [0.29, 0.717) is 6.61 Å². The molecule has 1 aliphatic rings. The number of aromatic nitrogens is 1. The number of hydrogen-bond acceptors (Lipinski definition) is 3. The Morgan fingerprint density at radius 2 is 2.09 bits per heavy atom. The number of urea groups is 1. The Hall–Kier alpha value is -2.56. The molecule has 1 aromatic carbocycles. The summed E-state index contributed by atoms with van der Waals surface area (Å²) in [5, 5.41) is 5.99. The van der Waals surface area contributed by atoms with Crippen molar-refractivity contribution in [1.82, 2.24) is 15.6 Å². The second-order valence-electron chi connectivity index (χ2n) is 5.26. The molecule has 114 valence electrons. The van der Waals surface area contributed by atoms with Gasteiger partial charge < -0.3 is 15.4 Å². The third-order valence-electron chi connectivity index (χ3n) is 3.83. The molecule has 22 heavy (non-hydrogen) atoms. The van der Waals surface area contributed by atoms with Gasteiger partial charge in [0.1, 0.15) is 12.4 Å². The van der Waals surface area contributed by atoms with E-state index in [0.717, 1.165) is 23.3 Å². The second kappa shape index (κ2) is 6.47. The molecule has 0 radical (unpaired) electrons. The van der Waals surface area contributed by atoms with Gasteiger partial charge in [-0.2, -0.15) is 0 Å². The number of benzene rings is 1. The number of nitrogens with one attached hydrogen (secondary N) is 2. The fraction of sp³-hybridized carbons (Fsp3) is 0.294. The number of carbonyl (C=O) groups excluding carboxylic acids is 1. The highest BCUT2D eigenvalue weighted by atomic mass is 16.5. The van der Waals surface area contributed by atoms with E-state index in [1.165, 1.54) is 0 Å². The maximum Gasteiger partial charge on any atom is 0.315 e. The number of pyridine rings is 1. The van der Waals surface area contributed by atoms with Crippen molar-refractivity contribution in [3.63, 3.8) is 0 Å². The molecule has 1 aromatic heterocycles. The first-order chi connectivity index (χ1) is 10.8. The lowest BCUT2D eigenvalue weighted by Crippen LogP contribution is -2.40. The Morgan fingerprint density at radius 1 is 1.32 bits per heavy atom. The number of fused-ring (bicyclic) bond motifs is 1. The van der Waals surface area contributed by atoms with Crippen molar-refractivity contribution in [3.8, 4) is 5.75 Å². The minimum absolute atomic E-state index is 0.0273. The molecule has 0 aliphatic carbocycles. The van der Waals surface area contributed by atoms with E-state index in [4.69, 9.17) is 4.74 Å². The van der Waals surface area contributed by atoms with Crippen LogP contribution in [0.25, 0.3) is 0 Å². The summed E-state index contributed by atoms with van der Waals surface area (Å²) >= 11 is 0. The molecule has 2 amide bonds. The predicted octanol–water partition coefficient (Wildman–Crippen LogP) is 2.97. The van der Waals surface area contributed by atoms with Crippen molar-refractivity contribution in [2.75, 3.05) is 6.61 Å². The summed E-state index contributed by atoms with van der Waals surface area (Å²) in [6.07, 6.45) is 4.28. The van der Waals surface area contributed by atoms with Crippen LogP contribution in [0, 0.1) is 0 Å². The summed E-state index contributed by atoms with van der Waals surface area (Å²) in [7, 11) is 0. The topological polar surface area (TPSA) is 63.2 Å². The van der Waals surface area contributed by atoms with E-state index in [1.54, 1.807) is 12.4 Å². The van der Waals surface area contributed by atoms with Crippen LogP contribution in [0.3, 0.4) is 0 Å². The smallest absolute Gasteiger partial charge is 0.315 e. The zero-order valence-electron chi connectivity index (χ0n) is 12.5. The normalized spacial score (nSPS) is 17.2. The van der Waals surface area contributed by atoms with Gasteiger partial charge in [0.15, 0.2) is 0 Å². The maximum atomic E-state index is 12.3. The lowest BCUT2D eigenvalue weighted by atomic mass is 10.1. The Labute approximate surface area is 129 Å². The average Bonchev–Trinajstić information content (AvgIpc) is 2.96. The minimum Gasteiger partial charge on any atom is -0.491 e. The van der Waals surface area contributed by atoms with Crippen LogP contribution in [-0.4, -0.2) is 17.6 Å². The Kier molecular flexibility index (Phi) is 4.23. The molecule has 2 aromatic rings. The first-order valence-electron chi connectivity index (χ1n) is 7.46. The lowest BCUT2D eigenvalue weighted by Gasteiger charge is -2.19. The Balaban J connectivity index is 1.63. The van der Waals surface area contributed by atoms with Crippen LogP contribution < -0.4 is 15.4 Å². The SMILES string of the molecule is CC[C@@H](NC(=O)N[C@@H]1COc2ccccc21)c1ccncc1. The van der Waals surface area contributed by atoms with Crippen molar-refractivity contribution in [2.24, 2.45) is 0 Å². The highest BCUT2D eigenvalue weighted by Gasteiger charge is 2.25. The number of amides is 2. The van der Waals surface area contributed by atoms with E-state index in [9.17, 15) is 4.79 Å². The van der Waals surface area contributed by atoms with Gasteiger partial charge >= 0.3 is 6.03 Å². The average molecular weight is 297 g/mol. The van der Waals surface area contributed by atoms with E-state index >= 15 is 0 Å². The van der Waals surface area contributed by atoms with Gasteiger partial charge in [0.05, 0.1) is 12.1 Å². The number of rotatable bonds is 4. The zero-order valence-corrected chi connectivity index (χ0v) is 12.5. The first-order valence-corrected chi connectivity index (χ1v) is 7.46. The molecule has 0 fully saturated rings. The van der Waals surface area contributed by atoms with Crippen LogP contribution in [0.2, 0.25) is 0 Å². The molecule has 2 N–H and O–H groups in total. The summed E-state index contributed by atoms with van der Waals surface area (Å²) in [6.45, 7) is 2.51. The molecule has 0 saturated carbocycles. The molecule has 3 rings (SSSR count). The maximum absolute atomic E-state index is 12.3. The summed E-state index contributed by atoms with van der Waals surface area (Å²) in [4.78, 5) is 16.3. The molecule has 0 bridgehead atoms. The fourth-order valence-corrected chi connectivity index (χ4v) is 2.66. The number of para-hydroxylation sites is 1. The van der Waals surface area contributed by atoms with Crippen LogP contribution in [0.5, 0.6) is 5.75 Å². The monoisotopic (exact) mass is 297 g/mol. The zero-order chi connectivity index (χ0) is 15.4. The highest BCUT2D eigenvalue weighted by molar-refractivity contribution is 5.75. The Bertz CT molecular complexity index is 639. The van der Waals surface area contributed by atoms with Crippen LogP contribution in [0.4, 0.5) is 4.79 Å². The molecule has 0 saturated heterocycles. The molecular weight excluding hydrogens is 278 g/mol. The van der Waals surface area contributed by atoms with Crippen LogP contribution >= 0.6 is 0 Å². The van der Waals surface area contributed by atoms with E-state index < -0.39 is 0 Å². The number of ether oxygens (including phenoxy) is 1. The minimum atomic E-state index is -0.186. The van der Waals surface area contributed by atoms with Gasteiger partial charge in [-0.05, 0) is 30.2 Å².